The molecule has 8 heteroatoms. The van der Waals surface area contributed by atoms with Crippen molar-refractivity contribution in [1.82, 2.24) is 9.97 Å². The highest BCUT2D eigenvalue weighted by Gasteiger charge is 2.40. The normalized spacial score (nSPS) is 15.8. The number of ether oxygens (including phenoxy) is 1. The molecule has 0 N–H and O–H groups in total. The minimum absolute atomic E-state index is 0.0827. The van der Waals surface area contributed by atoms with Crippen molar-refractivity contribution in [3.8, 4) is 17.0 Å². The first-order valence-corrected chi connectivity index (χ1v) is 12.1. The van der Waals surface area contributed by atoms with Crippen LogP contribution < -0.4 is 9.64 Å². The van der Waals surface area contributed by atoms with Crippen LogP contribution in [-0.2, 0) is 9.59 Å². The van der Waals surface area contributed by atoms with Gasteiger partial charge in [-0.1, -0.05) is 53.7 Å². The molecule has 0 saturated carbocycles. The summed E-state index contributed by atoms with van der Waals surface area (Å²) in [5.74, 6) is 0.164. The molecule has 0 bridgehead atoms. The number of thioether (sulfide) groups is 1. The van der Waals surface area contributed by atoms with Crippen molar-refractivity contribution in [2.75, 3.05) is 11.5 Å². The molecule has 1 fully saturated rings. The van der Waals surface area contributed by atoms with Gasteiger partial charge in [-0.25, -0.2) is 14.9 Å². The van der Waals surface area contributed by atoms with Crippen LogP contribution in [0.5, 0.6) is 5.75 Å². The number of nitrogens with zero attached hydrogens (tertiary/aromatic N) is 3. The number of aromatic nitrogens is 2. The number of carbonyl (C=O) groups excluding carboxylic acids is 2. The number of imide groups is 1. The molecule has 1 aliphatic rings. The zero-order chi connectivity index (χ0) is 23.7. The molecule has 0 radical (unpaired) electrons. The minimum atomic E-state index is -0.604. The van der Waals surface area contributed by atoms with Crippen molar-refractivity contribution in [3.63, 3.8) is 0 Å². The number of hydrogen-bond donors (Lipinski definition) is 0. The number of amides is 2. The van der Waals surface area contributed by atoms with Crippen LogP contribution in [0.4, 0.5) is 5.69 Å². The van der Waals surface area contributed by atoms with Crippen LogP contribution in [0, 0.1) is 0 Å². The minimum Gasteiger partial charge on any atom is -0.494 e. The summed E-state index contributed by atoms with van der Waals surface area (Å²) in [6.45, 7) is 2.44. The standard InChI is InChI=1S/C26H20ClN3O3S/c1-2-33-19-11-9-18(10-12-19)30-23(31)15-22(25(30)32)34-26-28-21-13-8-17(27)14-20(21)24(29-26)16-6-4-3-5-7-16/h3-14,22H,2,15H2,1H3/t22-/m0/s1. The predicted octanol–water partition coefficient (Wildman–Crippen LogP) is 5.77. The fourth-order valence-corrected chi connectivity index (χ4v) is 5.05. The summed E-state index contributed by atoms with van der Waals surface area (Å²) in [4.78, 5) is 36.6. The van der Waals surface area contributed by atoms with Crippen LogP contribution in [0.1, 0.15) is 13.3 Å². The van der Waals surface area contributed by atoms with E-state index < -0.39 is 5.25 Å². The maximum atomic E-state index is 13.2. The zero-order valence-electron chi connectivity index (χ0n) is 18.3. The highest BCUT2D eigenvalue weighted by molar-refractivity contribution is 8.00. The molecular formula is C26H20ClN3O3S. The number of benzene rings is 3. The fraction of sp³-hybridized carbons (Fsp3) is 0.154. The van der Waals surface area contributed by atoms with Gasteiger partial charge in [0.05, 0.1) is 23.5 Å². The summed E-state index contributed by atoms with van der Waals surface area (Å²) >= 11 is 7.44. The second-order valence-electron chi connectivity index (χ2n) is 7.69. The van der Waals surface area contributed by atoms with E-state index in [4.69, 9.17) is 21.3 Å². The molecule has 2 amide bonds. The van der Waals surface area contributed by atoms with Gasteiger partial charge in [-0.2, -0.15) is 0 Å². The molecule has 1 saturated heterocycles. The second kappa shape index (κ2) is 9.44. The van der Waals surface area contributed by atoms with E-state index >= 15 is 0 Å². The van der Waals surface area contributed by atoms with Crippen LogP contribution >= 0.6 is 23.4 Å². The second-order valence-corrected chi connectivity index (χ2v) is 9.29. The number of hydrogen-bond acceptors (Lipinski definition) is 6. The molecule has 1 aliphatic heterocycles. The Morgan fingerprint density at radius 3 is 2.53 bits per heavy atom. The molecular weight excluding hydrogens is 470 g/mol. The third-order valence-corrected chi connectivity index (χ3v) is 6.72. The smallest absolute Gasteiger partial charge is 0.247 e. The van der Waals surface area contributed by atoms with Gasteiger partial charge in [-0.15, -0.1) is 0 Å². The van der Waals surface area contributed by atoms with Crippen LogP contribution in [0.15, 0.2) is 78.0 Å². The first-order chi connectivity index (χ1) is 16.5. The summed E-state index contributed by atoms with van der Waals surface area (Å²) in [6, 6.07) is 22.1. The number of anilines is 1. The van der Waals surface area contributed by atoms with Crippen molar-refractivity contribution in [2.24, 2.45) is 0 Å². The lowest BCUT2D eigenvalue weighted by atomic mass is 10.1. The maximum absolute atomic E-state index is 13.2. The Balaban J connectivity index is 1.46. The molecule has 0 spiro atoms. The van der Waals surface area contributed by atoms with E-state index in [1.165, 1.54) is 16.7 Å². The maximum Gasteiger partial charge on any atom is 0.247 e. The van der Waals surface area contributed by atoms with Gasteiger partial charge < -0.3 is 4.74 Å². The fourth-order valence-electron chi connectivity index (χ4n) is 3.90. The Bertz CT molecular complexity index is 1380. The average molecular weight is 490 g/mol. The largest absolute Gasteiger partial charge is 0.494 e. The van der Waals surface area contributed by atoms with Crippen LogP contribution in [0.2, 0.25) is 5.02 Å². The average Bonchev–Trinajstić information content (AvgIpc) is 3.12. The summed E-state index contributed by atoms with van der Waals surface area (Å²) in [5.41, 5.74) is 2.90. The summed E-state index contributed by atoms with van der Waals surface area (Å²) in [6.07, 6.45) is 0.0827. The summed E-state index contributed by atoms with van der Waals surface area (Å²) in [5, 5.41) is 1.25. The van der Waals surface area contributed by atoms with Gasteiger partial charge in [-0.05, 0) is 49.4 Å². The van der Waals surface area contributed by atoms with E-state index in [-0.39, 0.29) is 18.2 Å². The van der Waals surface area contributed by atoms with Crippen LogP contribution in [-0.4, -0.2) is 33.6 Å². The Morgan fingerprint density at radius 2 is 1.79 bits per heavy atom. The SMILES string of the molecule is CCOc1ccc(N2C(=O)C[C@H](Sc3nc(-c4ccccc4)c4cc(Cl)ccc4n3)C2=O)cc1. The van der Waals surface area contributed by atoms with Gasteiger partial charge in [0.25, 0.3) is 0 Å². The highest BCUT2D eigenvalue weighted by atomic mass is 35.5. The number of fused-ring (bicyclic) bond motifs is 1. The van der Waals surface area contributed by atoms with Gasteiger partial charge in [0, 0.05) is 22.4 Å². The Kier molecular flexibility index (Phi) is 6.22. The molecule has 1 atom stereocenters. The topological polar surface area (TPSA) is 72.4 Å². The summed E-state index contributed by atoms with van der Waals surface area (Å²) in [7, 11) is 0. The lowest BCUT2D eigenvalue weighted by Gasteiger charge is -2.15. The van der Waals surface area contributed by atoms with E-state index in [1.54, 1.807) is 30.3 Å². The molecule has 34 heavy (non-hydrogen) atoms. The molecule has 170 valence electrons. The van der Waals surface area contributed by atoms with Crippen molar-refractivity contribution in [2.45, 2.75) is 23.8 Å². The molecule has 0 aliphatic carbocycles. The van der Waals surface area contributed by atoms with Crippen molar-refractivity contribution in [3.05, 3.63) is 77.8 Å². The van der Waals surface area contributed by atoms with Crippen molar-refractivity contribution in [1.29, 1.82) is 0 Å². The molecule has 5 rings (SSSR count). The first-order valence-electron chi connectivity index (χ1n) is 10.8. The molecule has 0 unspecified atom stereocenters. The number of rotatable bonds is 6. The lowest BCUT2D eigenvalue weighted by Crippen LogP contribution is -2.31. The molecule has 4 aromatic rings. The predicted molar refractivity (Wildman–Crippen MR) is 134 cm³/mol. The Morgan fingerprint density at radius 1 is 1.03 bits per heavy atom. The number of halogens is 1. The van der Waals surface area contributed by atoms with Gasteiger partial charge in [0.2, 0.25) is 11.8 Å². The van der Waals surface area contributed by atoms with Gasteiger partial charge in [0.1, 0.15) is 11.0 Å². The lowest BCUT2D eigenvalue weighted by molar-refractivity contribution is -0.121. The van der Waals surface area contributed by atoms with Crippen molar-refractivity contribution >= 4 is 51.8 Å². The van der Waals surface area contributed by atoms with Gasteiger partial charge in [-0.3, -0.25) is 9.59 Å². The Hall–Kier alpha value is -3.42. The van der Waals surface area contributed by atoms with E-state index in [0.29, 0.717) is 28.2 Å². The van der Waals surface area contributed by atoms with E-state index in [1.807, 2.05) is 49.4 Å². The molecule has 6 nitrogen and oxygen atoms in total. The summed E-state index contributed by atoms with van der Waals surface area (Å²) < 4.78 is 5.45. The third-order valence-electron chi connectivity index (χ3n) is 5.44. The van der Waals surface area contributed by atoms with Crippen LogP contribution in [0.3, 0.4) is 0 Å². The Labute approximate surface area is 205 Å². The number of carbonyl (C=O) groups is 2. The molecule has 2 heterocycles. The van der Waals surface area contributed by atoms with Gasteiger partial charge in [0.15, 0.2) is 5.16 Å². The van der Waals surface area contributed by atoms with E-state index in [2.05, 4.69) is 4.98 Å². The third kappa shape index (κ3) is 4.36. The molecule has 1 aromatic heterocycles. The highest BCUT2D eigenvalue weighted by Crippen LogP contribution is 2.36. The first kappa shape index (κ1) is 22.4. The van der Waals surface area contributed by atoms with E-state index in [0.717, 1.165) is 22.2 Å². The quantitative estimate of drug-likeness (QED) is 0.253. The van der Waals surface area contributed by atoms with E-state index in [9.17, 15) is 9.59 Å². The monoisotopic (exact) mass is 489 g/mol. The zero-order valence-corrected chi connectivity index (χ0v) is 19.8. The van der Waals surface area contributed by atoms with Gasteiger partial charge >= 0.3 is 0 Å². The molecule has 3 aromatic carbocycles. The van der Waals surface area contributed by atoms with Crippen molar-refractivity contribution < 1.29 is 14.3 Å². The van der Waals surface area contributed by atoms with Crippen LogP contribution in [0.25, 0.3) is 22.2 Å².